The molecule has 1 aliphatic rings. The number of benzene rings is 1. The van der Waals surface area contributed by atoms with Crippen molar-refractivity contribution in [3.05, 3.63) is 50.6 Å². The third kappa shape index (κ3) is 5.58. The molecule has 1 amide bonds. The van der Waals surface area contributed by atoms with E-state index in [0.29, 0.717) is 25.9 Å². The fourth-order valence-corrected chi connectivity index (χ4v) is 4.85. The van der Waals surface area contributed by atoms with Crippen LogP contribution in [0.3, 0.4) is 0 Å². The molecule has 0 N–H and O–H groups in total. The summed E-state index contributed by atoms with van der Waals surface area (Å²) in [5.41, 5.74) is 0.475. The van der Waals surface area contributed by atoms with Crippen LogP contribution in [0.25, 0.3) is 0 Å². The van der Waals surface area contributed by atoms with Crippen LogP contribution in [-0.2, 0) is 23.9 Å². The van der Waals surface area contributed by atoms with E-state index in [1.165, 1.54) is 12.1 Å². The van der Waals surface area contributed by atoms with E-state index >= 15 is 0 Å². The van der Waals surface area contributed by atoms with E-state index < -0.39 is 17.3 Å². The maximum Gasteiger partial charge on any atom is 0.416 e. The maximum absolute atomic E-state index is 13.0. The number of amides is 1. The van der Waals surface area contributed by atoms with Crippen molar-refractivity contribution in [3.8, 4) is 0 Å². The van der Waals surface area contributed by atoms with E-state index in [1.54, 1.807) is 4.90 Å². The Bertz CT molecular complexity index is 963. The lowest BCUT2D eigenvalue weighted by atomic mass is 9.99. The summed E-state index contributed by atoms with van der Waals surface area (Å²) >= 11 is 2.21. The largest absolute Gasteiger partial charge is 0.444 e. The predicted octanol–water partition coefficient (Wildman–Crippen LogP) is 6.55. The molecule has 0 fully saturated rings. The van der Waals surface area contributed by atoms with E-state index in [0.717, 1.165) is 32.9 Å². The van der Waals surface area contributed by atoms with Gasteiger partial charge in [-0.2, -0.15) is 13.2 Å². The molecule has 9 heteroatoms. The molecule has 0 radical (unpaired) electrons. The van der Waals surface area contributed by atoms with Gasteiger partial charge >= 0.3 is 12.3 Å². The SMILES string of the molecule is CC(C)c1nc(I)c2n1CCN(C(=O)OC(C)(C)C)C2CCc1ccc(C(F)(F)F)cc1. The van der Waals surface area contributed by atoms with Gasteiger partial charge in [-0.1, -0.05) is 26.0 Å². The average molecular weight is 563 g/mol. The van der Waals surface area contributed by atoms with E-state index in [-0.39, 0.29) is 18.1 Å². The first-order chi connectivity index (χ1) is 14.8. The molecule has 2 heterocycles. The fourth-order valence-electron chi connectivity index (χ4n) is 3.95. The first-order valence-corrected chi connectivity index (χ1v) is 11.8. The summed E-state index contributed by atoms with van der Waals surface area (Å²) in [5, 5.41) is 0. The number of rotatable bonds is 4. The number of imidazole rings is 1. The van der Waals surface area contributed by atoms with Crippen molar-refractivity contribution >= 4 is 28.7 Å². The molecule has 1 aromatic heterocycles. The highest BCUT2D eigenvalue weighted by atomic mass is 127. The monoisotopic (exact) mass is 563 g/mol. The molecule has 1 aliphatic heterocycles. The molecule has 0 saturated heterocycles. The summed E-state index contributed by atoms with van der Waals surface area (Å²) in [6.07, 6.45) is -3.65. The van der Waals surface area contributed by atoms with Gasteiger partial charge < -0.3 is 9.30 Å². The van der Waals surface area contributed by atoms with Gasteiger partial charge in [0.1, 0.15) is 15.1 Å². The number of hydrogen-bond acceptors (Lipinski definition) is 3. The molecule has 32 heavy (non-hydrogen) atoms. The molecule has 1 unspecified atom stereocenters. The van der Waals surface area contributed by atoms with Gasteiger partial charge in [0, 0.05) is 19.0 Å². The van der Waals surface area contributed by atoms with E-state index in [2.05, 4.69) is 41.0 Å². The summed E-state index contributed by atoms with van der Waals surface area (Å²) < 4.78 is 47.3. The summed E-state index contributed by atoms with van der Waals surface area (Å²) in [6, 6.07) is 4.95. The molecular weight excluding hydrogens is 534 g/mol. The third-order valence-electron chi connectivity index (χ3n) is 5.38. The minimum Gasteiger partial charge on any atom is -0.444 e. The number of fused-ring (bicyclic) bond motifs is 1. The van der Waals surface area contributed by atoms with Gasteiger partial charge in [-0.25, -0.2) is 9.78 Å². The second-order valence-corrected chi connectivity index (χ2v) is 10.4. The number of carbonyl (C=O) groups excluding carboxylic acids is 1. The molecule has 1 aromatic carbocycles. The van der Waals surface area contributed by atoms with Gasteiger partial charge in [-0.05, 0) is 73.9 Å². The molecule has 1 atom stereocenters. The van der Waals surface area contributed by atoms with Gasteiger partial charge in [-0.15, -0.1) is 0 Å². The first kappa shape index (κ1) is 24.9. The number of hydrogen-bond donors (Lipinski definition) is 0. The van der Waals surface area contributed by atoms with Crippen molar-refractivity contribution in [3.63, 3.8) is 0 Å². The second-order valence-electron chi connectivity index (χ2n) is 9.38. The highest BCUT2D eigenvalue weighted by Gasteiger charge is 2.37. The smallest absolute Gasteiger partial charge is 0.416 e. The minimum atomic E-state index is -4.36. The van der Waals surface area contributed by atoms with Crippen LogP contribution in [0.2, 0.25) is 0 Å². The molecule has 0 aliphatic carbocycles. The van der Waals surface area contributed by atoms with Crippen LogP contribution in [0.15, 0.2) is 24.3 Å². The Morgan fingerprint density at radius 1 is 1.19 bits per heavy atom. The van der Waals surface area contributed by atoms with Crippen LogP contribution in [0.5, 0.6) is 0 Å². The summed E-state index contributed by atoms with van der Waals surface area (Å²) in [7, 11) is 0. The normalized spacial score (nSPS) is 16.9. The topological polar surface area (TPSA) is 47.4 Å². The standard InChI is InChI=1S/C23H29F3IN3O2/c1-14(2)20-28-19(27)18-17(11-8-15-6-9-16(10-7-15)23(24,25)26)29(12-13-30(18)20)21(31)32-22(3,4)5/h6-7,9-10,14,17H,8,11-13H2,1-5H3. The van der Waals surface area contributed by atoms with E-state index in [1.807, 2.05) is 20.8 Å². The minimum absolute atomic E-state index is 0.237. The van der Waals surface area contributed by atoms with Gasteiger partial charge in [0.05, 0.1) is 17.3 Å². The predicted molar refractivity (Wildman–Crippen MR) is 124 cm³/mol. The number of aromatic nitrogens is 2. The molecule has 5 nitrogen and oxygen atoms in total. The molecule has 2 aromatic rings. The number of halogens is 4. The van der Waals surface area contributed by atoms with E-state index in [4.69, 9.17) is 9.72 Å². The fraction of sp³-hybridized carbons (Fsp3) is 0.565. The van der Waals surface area contributed by atoms with Crippen molar-refractivity contribution in [2.24, 2.45) is 0 Å². The number of ether oxygens (including phenoxy) is 1. The Balaban J connectivity index is 1.90. The van der Waals surface area contributed by atoms with Crippen LogP contribution in [0.4, 0.5) is 18.0 Å². The van der Waals surface area contributed by atoms with E-state index in [9.17, 15) is 18.0 Å². The Morgan fingerprint density at radius 3 is 2.34 bits per heavy atom. The van der Waals surface area contributed by atoms with Crippen molar-refractivity contribution in [1.29, 1.82) is 0 Å². The summed E-state index contributed by atoms with van der Waals surface area (Å²) in [5.74, 6) is 1.22. The lowest BCUT2D eigenvalue weighted by Gasteiger charge is -2.38. The Morgan fingerprint density at radius 2 is 1.81 bits per heavy atom. The number of carbonyl (C=O) groups is 1. The van der Waals surface area contributed by atoms with Crippen molar-refractivity contribution in [2.75, 3.05) is 6.54 Å². The van der Waals surface area contributed by atoms with Gasteiger partial charge in [0.25, 0.3) is 0 Å². The van der Waals surface area contributed by atoms with Crippen molar-refractivity contribution in [2.45, 2.75) is 77.7 Å². The second kappa shape index (κ2) is 9.23. The molecule has 0 spiro atoms. The Hall–Kier alpha value is -1.78. The maximum atomic E-state index is 13.0. The quantitative estimate of drug-likeness (QED) is 0.397. The average Bonchev–Trinajstić information content (AvgIpc) is 3.01. The van der Waals surface area contributed by atoms with Crippen molar-refractivity contribution in [1.82, 2.24) is 14.5 Å². The highest BCUT2D eigenvalue weighted by molar-refractivity contribution is 14.1. The highest BCUT2D eigenvalue weighted by Crippen LogP contribution is 2.37. The molecule has 3 rings (SSSR count). The van der Waals surface area contributed by atoms with Gasteiger partial charge in [-0.3, -0.25) is 4.90 Å². The van der Waals surface area contributed by atoms with Crippen LogP contribution in [-0.4, -0.2) is 32.7 Å². The summed E-state index contributed by atoms with van der Waals surface area (Å²) in [6.45, 7) is 10.8. The lowest BCUT2D eigenvalue weighted by molar-refractivity contribution is -0.137. The molecular formula is C23H29F3IN3O2. The van der Waals surface area contributed by atoms with Crippen LogP contribution >= 0.6 is 22.6 Å². The van der Waals surface area contributed by atoms with Crippen LogP contribution in [0.1, 0.15) is 75.6 Å². The van der Waals surface area contributed by atoms with Crippen molar-refractivity contribution < 1.29 is 22.7 Å². The molecule has 176 valence electrons. The summed E-state index contributed by atoms with van der Waals surface area (Å²) in [4.78, 5) is 19.5. The third-order valence-corrected chi connectivity index (χ3v) is 6.17. The number of nitrogens with zero attached hydrogens (tertiary/aromatic N) is 3. The number of alkyl halides is 3. The van der Waals surface area contributed by atoms with Crippen LogP contribution < -0.4 is 0 Å². The van der Waals surface area contributed by atoms with Crippen LogP contribution in [0, 0.1) is 3.70 Å². The van der Waals surface area contributed by atoms with Gasteiger partial charge in [0.15, 0.2) is 0 Å². The molecule has 0 bridgehead atoms. The Labute approximate surface area is 200 Å². The zero-order chi connectivity index (χ0) is 23.8. The lowest BCUT2D eigenvalue weighted by Crippen LogP contribution is -2.45. The number of aryl methyl sites for hydroxylation is 1. The molecule has 0 saturated carbocycles. The zero-order valence-corrected chi connectivity index (χ0v) is 21.1. The zero-order valence-electron chi connectivity index (χ0n) is 19.0. The Kier molecular flexibility index (Phi) is 7.17. The van der Waals surface area contributed by atoms with Gasteiger partial charge in [0.2, 0.25) is 0 Å². The first-order valence-electron chi connectivity index (χ1n) is 10.7.